The highest BCUT2D eigenvalue weighted by atomic mass is 28.3. The van der Waals surface area contributed by atoms with Gasteiger partial charge >= 0.3 is 0 Å². The predicted octanol–water partition coefficient (Wildman–Crippen LogP) is 9.27. The number of allylic oxidation sites excluding steroid dienone is 2. The zero-order valence-electron chi connectivity index (χ0n) is 24.2. The van der Waals surface area contributed by atoms with Crippen molar-refractivity contribution in [1.29, 1.82) is 0 Å². The Morgan fingerprint density at radius 3 is 1.25 bits per heavy atom. The van der Waals surface area contributed by atoms with Crippen LogP contribution in [0.4, 0.5) is 0 Å². The average Bonchev–Trinajstić information content (AvgIpc) is 3.26. The molecule has 2 unspecified atom stereocenters. The van der Waals surface area contributed by atoms with Gasteiger partial charge in [0, 0.05) is 23.0 Å². The lowest BCUT2D eigenvalue weighted by atomic mass is 9.65. The molecule has 2 aromatic carbocycles. The molecule has 2 aliphatic carbocycles. The second kappa shape index (κ2) is 9.68. The van der Waals surface area contributed by atoms with Gasteiger partial charge in [-0.2, -0.15) is 0 Å². The maximum absolute atomic E-state index is 6.71. The molecule has 2 atom stereocenters. The van der Waals surface area contributed by atoms with Crippen LogP contribution in [-0.2, 0) is 8.85 Å². The van der Waals surface area contributed by atoms with Crippen molar-refractivity contribution >= 4 is 29.6 Å². The summed E-state index contributed by atoms with van der Waals surface area (Å²) in [6, 6.07) is 18.0. The van der Waals surface area contributed by atoms with E-state index in [2.05, 4.69) is 123 Å². The van der Waals surface area contributed by atoms with Gasteiger partial charge in [0.05, 0.1) is 0 Å². The lowest BCUT2D eigenvalue weighted by Crippen LogP contribution is -2.28. The molecule has 0 saturated carbocycles. The molecule has 36 heavy (non-hydrogen) atoms. The summed E-state index contributed by atoms with van der Waals surface area (Å²) in [4.78, 5) is 0. The molecular weight excluding hydrogens is 473 g/mol. The predicted molar refractivity (Wildman–Crippen MR) is 157 cm³/mol. The third-order valence-electron chi connectivity index (χ3n) is 7.47. The minimum atomic E-state index is -0.906. The summed E-state index contributed by atoms with van der Waals surface area (Å²) in [5, 5.41) is 0. The van der Waals surface area contributed by atoms with E-state index in [-0.39, 0.29) is 10.8 Å². The number of hydrogen-bond acceptors (Lipinski definition) is 2. The molecule has 0 N–H and O–H groups in total. The average molecular weight is 517 g/mol. The molecule has 4 rings (SSSR count). The molecular formula is C32H44O2Si2. The third-order valence-corrected chi connectivity index (χ3v) is 8.70. The summed E-state index contributed by atoms with van der Waals surface area (Å²) >= 11 is 0. The normalized spacial score (nSPS) is 20.8. The Hall–Kier alpha value is -2.05. The SMILES string of the molecule is CC(C1C(C(C)(C)C)=C(O[Si](C)C)c2ccccc21)C1C(C(C)(C)C)=C(O[Si](C)C)c2ccccc21. The fourth-order valence-corrected chi connectivity index (χ4v) is 7.62. The fraction of sp³-hybridized carbons (Fsp3) is 0.500. The first-order valence-corrected chi connectivity index (χ1v) is 18.2. The van der Waals surface area contributed by atoms with Gasteiger partial charge in [-0.1, -0.05) is 97.0 Å². The van der Waals surface area contributed by atoms with E-state index in [4.69, 9.17) is 8.85 Å². The molecule has 0 amide bonds. The first-order valence-electron chi connectivity index (χ1n) is 13.4. The van der Waals surface area contributed by atoms with Crippen LogP contribution in [0.1, 0.15) is 82.6 Å². The molecule has 2 nitrogen and oxygen atoms in total. The van der Waals surface area contributed by atoms with Crippen molar-refractivity contribution in [2.75, 3.05) is 0 Å². The first kappa shape index (κ1) is 27.0. The van der Waals surface area contributed by atoms with Crippen LogP contribution in [0.2, 0.25) is 26.2 Å². The Morgan fingerprint density at radius 1 is 0.611 bits per heavy atom. The van der Waals surface area contributed by atoms with Crippen LogP contribution in [-0.4, -0.2) is 18.1 Å². The highest BCUT2D eigenvalue weighted by molar-refractivity contribution is 6.50. The standard InChI is InChI=1S/C32H44O2Si2/c1-20(25-21-16-12-14-18-23(21)29(33-35(8)9)27(25)31(2,3)4)26-22-17-13-15-19-24(22)30(34-36(10)11)28(26)32(5,6)7/h12-20,25-26H,1-11H3. The van der Waals surface area contributed by atoms with Crippen LogP contribution < -0.4 is 0 Å². The third kappa shape index (κ3) is 4.79. The summed E-state index contributed by atoms with van der Waals surface area (Å²) < 4.78 is 13.4. The number of rotatable bonds is 6. The molecule has 0 bridgehead atoms. The van der Waals surface area contributed by atoms with Crippen molar-refractivity contribution in [2.24, 2.45) is 16.7 Å². The Balaban J connectivity index is 1.96. The van der Waals surface area contributed by atoms with Gasteiger partial charge < -0.3 is 8.85 Å². The van der Waals surface area contributed by atoms with Crippen molar-refractivity contribution < 1.29 is 8.85 Å². The molecule has 0 heterocycles. The minimum Gasteiger partial charge on any atom is -0.542 e. The van der Waals surface area contributed by atoms with E-state index in [0.717, 1.165) is 11.5 Å². The number of benzene rings is 2. The Bertz CT molecular complexity index is 1100. The van der Waals surface area contributed by atoms with Gasteiger partial charge in [0.15, 0.2) is 0 Å². The van der Waals surface area contributed by atoms with E-state index < -0.39 is 18.1 Å². The summed E-state index contributed by atoms with van der Waals surface area (Å²) in [5.41, 5.74) is 8.33. The Kier molecular flexibility index (Phi) is 7.26. The molecule has 0 fully saturated rings. The van der Waals surface area contributed by atoms with E-state index in [1.165, 1.54) is 33.4 Å². The van der Waals surface area contributed by atoms with E-state index in [9.17, 15) is 0 Å². The van der Waals surface area contributed by atoms with E-state index in [0.29, 0.717) is 17.8 Å². The largest absolute Gasteiger partial charge is 0.542 e. The Labute approximate surface area is 223 Å². The van der Waals surface area contributed by atoms with Crippen LogP contribution in [0.3, 0.4) is 0 Å². The van der Waals surface area contributed by atoms with Gasteiger partial charge in [-0.15, -0.1) is 0 Å². The highest BCUT2D eigenvalue weighted by Gasteiger charge is 2.48. The molecule has 2 aliphatic rings. The van der Waals surface area contributed by atoms with Gasteiger partial charge in [-0.05, 0) is 65.2 Å². The molecule has 192 valence electrons. The van der Waals surface area contributed by atoms with Crippen molar-refractivity contribution in [3.05, 3.63) is 81.9 Å². The van der Waals surface area contributed by atoms with E-state index >= 15 is 0 Å². The van der Waals surface area contributed by atoms with Crippen molar-refractivity contribution in [3.63, 3.8) is 0 Å². The lowest BCUT2D eigenvalue weighted by molar-refractivity contribution is 0.345. The first-order chi connectivity index (χ1) is 16.7. The molecule has 0 spiro atoms. The van der Waals surface area contributed by atoms with Gasteiger partial charge in [-0.25, -0.2) is 0 Å². The van der Waals surface area contributed by atoms with Crippen molar-refractivity contribution in [1.82, 2.24) is 0 Å². The molecule has 0 aliphatic heterocycles. The summed E-state index contributed by atoms with van der Waals surface area (Å²) in [6.45, 7) is 25.6. The molecule has 0 aromatic heterocycles. The summed E-state index contributed by atoms with van der Waals surface area (Å²) in [6.07, 6.45) is 0. The van der Waals surface area contributed by atoms with E-state index in [1.54, 1.807) is 0 Å². The van der Waals surface area contributed by atoms with Crippen LogP contribution in [0.5, 0.6) is 0 Å². The smallest absolute Gasteiger partial charge is 0.274 e. The van der Waals surface area contributed by atoms with Crippen molar-refractivity contribution in [3.8, 4) is 0 Å². The van der Waals surface area contributed by atoms with Crippen molar-refractivity contribution in [2.45, 2.75) is 86.5 Å². The molecule has 0 saturated heterocycles. The van der Waals surface area contributed by atoms with Gasteiger partial charge in [0.1, 0.15) is 11.5 Å². The second-order valence-corrected chi connectivity index (χ2v) is 17.0. The van der Waals surface area contributed by atoms with Crippen LogP contribution in [0, 0.1) is 16.7 Å². The number of hydrogen-bond donors (Lipinski definition) is 0. The zero-order chi connectivity index (χ0) is 26.6. The quantitative estimate of drug-likeness (QED) is 0.356. The minimum absolute atomic E-state index is 0.00331. The van der Waals surface area contributed by atoms with Crippen LogP contribution in [0.15, 0.2) is 59.7 Å². The van der Waals surface area contributed by atoms with Crippen LogP contribution in [0.25, 0.3) is 11.5 Å². The molecule has 4 heteroatoms. The van der Waals surface area contributed by atoms with Gasteiger partial charge in [0.2, 0.25) is 0 Å². The highest BCUT2D eigenvalue weighted by Crippen LogP contribution is 2.60. The fourth-order valence-electron chi connectivity index (χ4n) is 6.36. The lowest BCUT2D eigenvalue weighted by Gasteiger charge is -2.38. The van der Waals surface area contributed by atoms with E-state index in [1.807, 2.05) is 0 Å². The maximum Gasteiger partial charge on any atom is 0.274 e. The monoisotopic (exact) mass is 516 g/mol. The van der Waals surface area contributed by atoms with Gasteiger partial charge in [-0.3, -0.25) is 0 Å². The summed E-state index contributed by atoms with van der Waals surface area (Å²) in [7, 11) is -1.81. The zero-order valence-corrected chi connectivity index (χ0v) is 26.2. The van der Waals surface area contributed by atoms with Gasteiger partial charge in [0.25, 0.3) is 18.1 Å². The van der Waals surface area contributed by atoms with Crippen LogP contribution >= 0.6 is 0 Å². The topological polar surface area (TPSA) is 18.5 Å². The molecule has 2 aromatic rings. The summed E-state index contributed by atoms with van der Waals surface area (Å²) in [5.74, 6) is 3.23. The number of fused-ring (bicyclic) bond motifs is 2. The maximum atomic E-state index is 6.71. The molecule has 2 radical (unpaired) electrons. The Morgan fingerprint density at radius 2 is 0.944 bits per heavy atom. The second-order valence-electron chi connectivity index (χ2n) is 13.0.